The van der Waals surface area contributed by atoms with Gasteiger partial charge in [-0.05, 0) is 110 Å². The van der Waals surface area contributed by atoms with Gasteiger partial charge in [0, 0.05) is 51.0 Å². The van der Waals surface area contributed by atoms with Crippen molar-refractivity contribution in [3.8, 4) is 0 Å². The first-order valence-corrected chi connectivity index (χ1v) is 27.8. The zero-order valence-electron chi connectivity index (χ0n) is 48.3. The summed E-state index contributed by atoms with van der Waals surface area (Å²) in [5, 5.41) is 61.5. The van der Waals surface area contributed by atoms with Crippen LogP contribution in [0.2, 0.25) is 0 Å². The number of hydrogen-bond acceptors (Lipinski definition) is 19. The molecule has 0 aliphatic carbocycles. The number of aliphatic hydroxyl groups excluding tert-OH is 7. The standard InChI is InChI=1S/C11H19IO2.C11H22O2.C10H20O3.C10H18O3.C8H16O5.C5H10O4/c1-9(10(2)7-8-12)5-4-6-11(13)14-3;1-5-9(2)10(3)7-6-8-11(12)13-4;2*1-8(9(2)7-11)5-4-6-10(12)13-3;1-13-8(12)4-2-3-6(10)7(11)5-9;6-2-4-3(7)1-5(8)9-4/h7-10H,4-6H2,1-3H3;9-10H,5-8H2,1-4H3;8-9,11H,4-7H2,1-3H3;7-9H,4-6H2,1-3H3;6-7,9-11H,2-5H2,1H3;3-8H,1-2H2/b8-7+;;;;;/t2*9-,10+;2*8-,9+;6-,7+;/m01000./s1. The molecular formula is C55H105IO19. The first-order chi connectivity index (χ1) is 35.3. The molecule has 7 N–H and O–H groups in total. The van der Waals surface area contributed by atoms with Crippen molar-refractivity contribution < 1.29 is 92.9 Å². The van der Waals surface area contributed by atoms with Gasteiger partial charge in [0.05, 0.1) is 61.0 Å². The third-order valence-corrected chi connectivity index (χ3v) is 13.9. The molecule has 0 amide bonds. The molecule has 0 aromatic carbocycles. The number of aldehydes is 1. The average Bonchev–Trinajstić information content (AvgIpc) is 3.75. The minimum atomic E-state index is -1.13. The molecule has 20 heteroatoms. The van der Waals surface area contributed by atoms with Crippen LogP contribution >= 0.6 is 22.6 Å². The summed E-state index contributed by atoms with van der Waals surface area (Å²) in [6, 6.07) is 0. The van der Waals surface area contributed by atoms with E-state index < -0.39 is 37.3 Å². The van der Waals surface area contributed by atoms with Gasteiger partial charge in [-0.3, -0.25) is 24.0 Å². The third kappa shape index (κ3) is 50.4. The van der Waals surface area contributed by atoms with Gasteiger partial charge in [-0.25, -0.2) is 0 Å². The molecule has 0 aromatic rings. The number of esters is 5. The number of carbonyl (C=O) groups is 6. The summed E-state index contributed by atoms with van der Waals surface area (Å²) in [7, 11) is 6.97. The second-order valence-electron chi connectivity index (χ2n) is 19.4. The van der Waals surface area contributed by atoms with Gasteiger partial charge in [-0.2, -0.15) is 0 Å². The topological polar surface area (TPSA) is 299 Å². The fraction of sp³-hybridized carbons (Fsp3) is 0.855. The van der Waals surface area contributed by atoms with Crippen molar-refractivity contribution in [2.24, 2.45) is 47.3 Å². The Morgan fingerprint density at radius 1 is 0.533 bits per heavy atom. The summed E-state index contributed by atoms with van der Waals surface area (Å²) in [6.45, 7) is 18.7. The van der Waals surface area contributed by atoms with E-state index in [0.29, 0.717) is 61.7 Å². The van der Waals surface area contributed by atoms with Crippen LogP contribution in [0.15, 0.2) is 10.2 Å². The quantitative estimate of drug-likeness (QED) is 0.0153. The summed E-state index contributed by atoms with van der Waals surface area (Å²) in [4.78, 5) is 64.2. The third-order valence-electron chi connectivity index (χ3n) is 13.5. The first-order valence-electron chi connectivity index (χ1n) is 26.6. The summed E-state index contributed by atoms with van der Waals surface area (Å²) in [6.07, 6.45) is 10.8. The fourth-order valence-corrected chi connectivity index (χ4v) is 7.20. The van der Waals surface area contributed by atoms with Crippen LogP contribution in [0.1, 0.15) is 171 Å². The van der Waals surface area contributed by atoms with Crippen molar-refractivity contribution in [1.29, 1.82) is 0 Å². The van der Waals surface area contributed by atoms with E-state index in [0.717, 1.165) is 69.5 Å². The maximum atomic E-state index is 10.9. The number of allylic oxidation sites excluding steroid dienone is 1. The molecule has 1 aliphatic rings. The van der Waals surface area contributed by atoms with Crippen LogP contribution < -0.4 is 0 Å². The highest BCUT2D eigenvalue weighted by Gasteiger charge is 2.31. The van der Waals surface area contributed by atoms with Crippen molar-refractivity contribution in [2.75, 3.05) is 55.4 Å². The fourth-order valence-electron chi connectivity index (χ4n) is 6.54. The van der Waals surface area contributed by atoms with E-state index in [4.69, 9.17) is 35.7 Å². The maximum Gasteiger partial charge on any atom is 0.305 e. The van der Waals surface area contributed by atoms with Gasteiger partial charge in [0.15, 0.2) is 6.29 Å². The molecule has 446 valence electrons. The van der Waals surface area contributed by atoms with Gasteiger partial charge >= 0.3 is 29.8 Å². The molecule has 3 unspecified atom stereocenters. The molecule has 1 fully saturated rings. The molecule has 1 saturated heterocycles. The SMILES string of the molecule is CC[C@@H](C)[C@@H](C)CCCC(=O)OC.COC(=O)CCC[C@H](C)[C@H](C)/C=C/I.COC(=O)CCC[C@H](C)[C@H](C)C=O.COC(=O)CCC[C@H](C)[C@H](C)CO.COC(=O)CCC[C@H](O)[C@H](O)CO.OCC1OC(O)CC1O. The molecule has 0 radical (unpaired) electrons. The minimum absolute atomic E-state index is 0.0812. The van der Waals surface area contributed by atoms with E-state index >= 15 is 0 Å². The number of ether oxygens (including phenoxy) is 6. The lowest BCUT2D eigenvalue weighted by Gasteiger charge is -2.17. The van der Waals surface area contributed by atoms with Crippen LogP contribution in [0, 0.1) is 47.3 Å². The monoisotopic (exact) mass is 1200 g/mol. The van der Waals surface area contributed by atoms with E-state index in [2.05, 4.69) is 103 Å². The Hall–Kier alpha value is -2.83. The normalized spacial score (nSPS) is 18.5. The summed E-state index contributed by atoms with van der Waals surface area (Å²) in [5.74, 6) is 3.06. The van der Waals surface area contributed by atoms with E-state index in [-0.39, 0.29) is 68.2 Å². The van der Waals surface area contributed by atoms with Crippen molar-refractivity contribution >= 4 is 58.7 Å². The number of hydrogen-bond donors (Lipinski definition) is 7. The Balaban J connectivity index is -0.000000262. The molecule has 13 atom stereocenters. The highest BCUT2D eigenvalue weighted by Crippen LogP contribution is 2.22. The van der Waals surface area contributed by atoms with Crippen molar-refractivity contribution in [3.05, 3.63) is 10.2 Å². The molecule has 0 spiro atoms. The Bertz CT molecular complexity index is 1340. The van der Waals surface area contributed by atoms with Crippen LogP contribution in [0.3, 0.4) is 0 Å². The van der Waals surface area contributed by atoms with Crippen molar-refractivity contribution in [1.82, 2.24) is 0 Å². The average molecular weight is 1200 g/mol. The molecule has 75 heavy (non-hydrogen) atoms. The number of carbonyl (C=O) groups excluding carboxylic acids is 6. The Kier molecular flexibility index (Phi) is 58.9. The Morgan fingerprint density at radius 2 is 0.880 bits per heavy atom. The largest absolute Gasteiger partial charge is 0.469 e. The zero-order valence-corrected chi connectivity index (χ0v) is 50.4. The smallest absolute Gasteiger partial charge is 0.305 e. The molecule has 0 bridgehead atoms. The van der Waals surface area contributed by atoms with Gasteiger partial charge in [-0.15, -0.1) is 0 Å². The number of methoxy groups -OCH3 is 5. The summed E-state index contributed by atoms with van der Waals surface area (Å²) in [5.41, 5.74) is 0. The summed E-state index contributed by atoms with van der Waals surface area (Å²) < 4.78 is 29.3. The lowest BCUT2D eigenvalue weighted by atomic mass is 9.89. The molecule has 1 aliphatic heterocycles. The van der Waals surface area contributed by atoms with Crippen LogP contribution in [0.4, 0.5) is 0 Å². The minimum Gasteiger partial charge on any atom is -0.469 e. The Morgan fingerprint density at radius 3 is 1.15 bits per heavy atom. The van der Waals surface area contributed by atoms with Gasteiger partial charge < -0.3 is 69.0 Å². The van der Waals surface area contributed by atoms with Crippen LogP contribution in [0.5, 0.6) is 0 Å². The molecule has 0 aromatic heterocycles. The van der Waals surface area contributed by atoms with E-state index in [1.165, 1.54) is 42.0 Å². The van der Waals surface area contributed by atoms with Gasteiger partial charge in [0.25, 0.3) is 0 Å². The molecule has 19 nitrogen and oxygen atoms in total. The summed E-state index contributed by atoms with van der Waals surface area (Å²) >= 11 is 2.24. The molecular weight excluding hydrogens is 1090 g/mol. The van der Waals surface area contributed by atoms with Gasteiger partial charge in [-0.1, -0.05) is 97.4 Å². The number of halogens is 1. The van der Waals surface area contributed by atoms with Crippen molar-refractivity contribution in [2.45, 2.75) is 202 Å². The predicted octanol–water partition coefficient (Wildman–Crippen LogP) is 7.45. The van der Waals surface area contributed by atoms with Gasteiger partial charge in [0.1, 0.15) is 18.5 Å². The lowest BCUT2D eigenvalue weighted by molar-refractivity contribution is -0.141. The van der Waals surface area contributed by atoms with Crippen LogP contribution in [-0.2, 0) is 57.2 Å². The van der Waals surface area contributed by atoms with Crippen LogP contribution in [0.25, 0.3) is 0 Å². The van der Waals surface area contributed by atoms with E-state index in [9.17, 15) is 28.8 Å². The maximum absolute atomic E-state index is 10.9. The molecule has 1 heterocycles. The van der Waals surface area contributed by atoms with E-state index in [1.807, 2.05) is 20.8 Å². The second-order valence-corrected chi connectivity index (χ2v) is 20.1. The number of aliphatic hydroxyl groups is 7. The number of rotatable bonds is 31. The van der Waals surface area contributed by atoms with Crippen LogP contribution in [-0.4, -0.2) is 158 Å². The van der Waals surface area contributed by atoms with Crippen molar-refractivity contribution in [3.63, 3.8) is 0 Å². The van der Waals surface area contributed by atoms with Gasteiger partial charge in [0.2, 0.25) is 0 Å². The highest BCUT2D eigenvalue weighted by molar-refractivity contribution is 14.1. The Labute approximate surface area is 464 Å². The predicted molar refractivity (Wildman–Crippen MR) is 297 cm³/mol. The zero-order chi connectivity index (χ0) is 58.9. The van der Waals surface area contributed by atoms with E-state index in [1.54, 1.807) is 0 Å². The highest BCUT2D eigenvalue weighted by atomic mass is 127. The lowest BCUT2D eigenvalue weighted by Crippen LogP contribution is -2.29. The molecule has 0 saturated carbocycles. The molecule has 1 rings (SSSR count). The second kappa shape index (κ2) is 54.5. The first kappa shape index (κ1) is 81.0.